The predicted octanol–water partition coefficient (Wildman–Crippen LogP) is 3.38. The average Bonchev–Trinajstić information content (AvgIpc) is 2.43. The summed E-state index contributed by atoms with van der Waals surface area (Å²) in [5.74, 6) is -0.0809. The smallest absolute Gasteiger partial charge is 0.146 e. The summed E-state index contributed by atoms with van der Waals surface area (Å²) < 4.78 is 18.1. The molecule has 0 fully saturated rings. The molecule has 1 N–H and O–H groups in total. The highest BCUT2D eigenvalue weighted by Crippen LogP contribution is 2.25. The van der Waals surface area contributed by atoms with E-state index in [2.05, 4.69) is 20.5 Å². The van der Waals surface area contributed by atoms with Gasteiger partial charge < -0.3 is 4.74 Å². The maximum atomic E-state index is 13.0. The number of methoxy groups -OCH3 is 1. The van der Waals surface area contributed by atoms with Crippen molar-refractivity contribution < 1.29 is 9.13 Å². The summed E-state index contributed by atoms with van der Waals surface area (Å²) in [4.78, 5) is 7.58. The Morgan fingerprint density at radius 1 is 1.30 bits per heavy atom. The van der Waals surface area contributed by atoms with Crippen LogP contribution in [0.25, 0.3) is 0 Å². The zero-order valence-electron chi connectivity index (χ0n) is 10.3. The molecule has 1 aromatic heterocycles. The van der Waals surface area contributed by atoms with Crippen LogP contribution in [-0.2, 0) is 0 Å². The number of hydrogen-bond donors (Lipinski definition) is 1. The van der Waals surface area contributed by atoms with Crippen molar-refractivity contribution in [1.82, 2.24) is 9.97 Å². The maximum absolute atomic E-state index is 13.0. The number of halogens is 3. The molecule has 2 rings (SSSR count). The first-order chi connectivity index (χ1) is 9.61. The Morgan fingerprint density at radius 2 is 2.00 bits per heavy atom. The summed E-state index contributed by atoms with van der Waals surface area (Å²) in [6.45, 7) is 0. The zero-order chi connectivity index (χ0) is 14.5. The standard InChI is InChI=1S/C12H9Cl2FN4O/c1-20-10-4-7(15)2-3-9(10)19-18-5-8-11(13)16-6-17-12(8)14/h2-6,19H,1H3. The van der Waals surface area contributed by atoms with Crippen molar-refractivity contribution in [3.8, 4) is 5.75 Å². The second-order valence-electron chi connectivity index (χ2n) is 3.58. The van der Waals surface area contributed by atoms with Crippen LogP contribution in [0.15, 0.2) is 29.6 Å². The van der Waals surface area contributed by atoms with E-state index in [0.717, 1.165) is 0 Å². The van der Waals surface area contributed by atoms with E-state index in [0.29, 0.717) is 17.0 Å². The Morgan fingerprint density at radius 3 is 2.65 bits per heavy atom. The van der Waals surface area contributed by atoms with Crippen molar-refractivity contribution in [2.45, 2.75) is 0 Å². The molecule has 1 heterocycles. The van der Waals surface area contributed by atoms with Crippen LogP contribution in [-0.4, -0.2) is 23.3 Å². The van der Waals surface area contributed by atoms with Crippen LogP contribution in [0.5, 0.6) is 5.75 Å². The van der Waals surface area contributed by atoms with Crippen molar-refractivity contribution in [1.29, 1.82) is 0 Å². The monoisotopic (exact) mass is 314 g/mol. The first-order valence-electron chi connectivity index (χ1n) is 5.40. The molecule has 0 aliphatic rings. The molecule has 0 saturated carbocycles. The van der Waals surface area contributed by atoms with Crippen LogP contribution in [0.1, 0.15) is 5.56 Å². The summed E-state index contributed by atoms with van der Waals surface area (Å²) in [7, 11) is 1.43. The minimum atomic E-state index is -0.404. The molecule has 0 amide bonds. The van der Waals surface area contributed by atoms with Crippen molar-refractivity contribution in [3.05, 3.63) is 46.2 Å². The first-order valence-corrected chi connectivity index (χ1v) is 6.16. The molecular formula is C12H9Cl2FN4O. The summed E-state index contributed by atoms with van der Waals surface area (Å²) in [5, 5.41) is 4.31. The van der Waals surface area contributed by atoms with E-state index in [1.165, 1.54) is 37.9 Å². The fourth-order valence-electron chi connectivity index (χ4n) is 1.38. The number of anilines is 1. The fraction of sp³-hybridized carbons (Fsp3) is 0.0833. The Balaban J connectivity index is 2.18. The van der Waals surface area contributed by atoms with E-state index in [4.69, 9.17) is 27.9 Å². The van der Waals surface area contributed by atoms with Gasteiger partial charge in [-0.25, -0.2) is 14.4 Å². The highest BCUT2D eigenvalue weighted by atomic mass is 35.5. The van der Waals surface area contributed by atoms with E-state index >= 15 is 0 Å². The molecule has 0 radical (unpaired) electrons. The second kappa shape index (κ2) is 6.49. The molecule has 1 aromatic carbocycles. The number of hydrogen-bond acceptors (Lipinski definition) is 5. The van der Waals surface area contributed by atoms with E-state index < -0.39 is 5.82 Å². The summed E-state index contributed by atoms with van der Waals surface area (Å²) in [5.41, 5.74) is 3.57. The molecule has 20 heavy (non-hydrogen) atoms. The van der Waals surface area contributed by atoms with Crippen LogP contribution >= 0.6 is 23.2 Å². The van der Waals surface area contributed by atoms with Crippen LogP contribution in [0, 0.1) is 5.82 Å². The number of rotatable bonds is 4. The van der Waals surface area contributed by atoms with Crippen molar-refractivity contribution in [3.63, 3.8) is 0 Å². The lowest BCUT2D eigenvalue weighted by molar-refractivity contribution is 0.413. The van der Waals surface area contributed by atoms with Crippen LogP contribution in [0.3, 0.4) is 0 Å². The van der Waals surface area contributed by atoms with Gasteiger partial charge in [0.25, 0.3) is 0 Å². The Hall–Kier alpha value is -1.92. The Bertz CT molecular complexity index is 631. The average molecular weight is 315 g/mol. The molecular weight excluding hydrogens is 306 g/mol. The third-order valence-corrected chi connectivity index (χ3v) is 2.93. The van der Waals surface area contributed by atoms with Crippen molar-refractivity contribution >= 4 is 35.1 Å². The number of aromatic nitrogens is 2. The Labute approximate surface area is 124 Å². The Kier molecular flexibility index (Phi) is 4.70. The zero-order valence-corrected chi connectivity index (χ0v) is 11.8. The lowest BCUT2D eigenvalue weighted by Crippen LogP contribution is -1.97. The number of benzene rings is 1. The molecule has 0 unspecified atom stereocenters. The van der Waals surface area contributed by atoms with Crippen LogP contribution in [0.2, 0.25) is 10.3 Å². The van der Waals surface area contributed by atoms with Gasteiger partial charge in [-0.15, -0.1) is 0 Å². The molecule has 0 aliphatic heterocycles. The van der Waals surface area contributed by atoms with Gasteiger partial charge in [0.1, 0.15) is 28.2 Å². The normalized spacial score (nSPS) is 10.8. The van der Waals surface area contributed by atoms with Gasteiger partial charge >= 0.3 is 0 Å². The van der Waals surface area contributed by atoms with Gasteiger partial charge in [-0.1, -0.05) is 23.2 Å². The molecule has 2 aromatic rings. The molecule has 0 bridgehead atoms. The largest absolute Gasteiger partial charge is 0.494 e. The number of nitrogens with zero attached hydrogens (tertiary/aromatic N) is 3. The molecule has 0 atom stereocenters. The SMILES string of the molecule is COc1cc(F)ccc1NN=Cc1c(Cl)ncnc1Cl. The van der Waals surface area contributed by atoms with Crippen molar-refractivity contribution in [2.24, 2.45) is 5.10 Å². The van der Waals surface area contributed by atoms with E-state index in [1.54, 1.807) is 0 Å². The molecule has 0 aliphatic carbocycles. The highest BCUT2D eigenvalue weighted by molar-refractivity contribution is 6.37. The molecule has 0 saturated heterocycles. The lowest BCUT2D eigenvalue weighted by Gasteiger charge is -2.07. The quantitative estimate of drug-likeness (QED) is 0.534. The van der Waals surface area contributed by atoms with Gasteiger partial charge in [0, 0.05) is 6.07 Å². The van der Waals surface area contributed by atoms with Gasteiger partial charge in [0.15, 0.2) is 0 Å². The van der Waals surface area contributed by atoms with Gasteiger partial charge in [-0.3, -0.25) is 5.43 Å². The lowest BCUT2D eigenvalue weighted by atomic mass is 10.3. The number of nitrogens with one attached hydrogen (secondary N) is 1. The summed E-state index contributed by atoms with van der Waals surface area (Å²) in [6.07, 6.45) is 2.62. The third kappa shape index (κ3) is 3.34. The fourth-order valence-corrected chi connectivity index (χ4v) is 1.80. The summed E-state index contributed by atoms with van der Waals surface area (Å²) >= 11 is 11.7. The van der Waals surface area contributed by atoms with E-state index in [1.807, 2.05) is 0 Å². The van der Waals surface area contributed by atoms with Gasteiger partial charge in [0.05, 0.1) is 24.6 Å². The maximum Gasteiger partial charge on any atom is 0.146 e. The van der Waals surface area contributed by atoms with Crippen LogP contribution < -0.4 is 10.2 Å². The van der Waals surface area contributed by atoms with Gasteiger partial charge in [-0.2, -0.15) is 5.10 Å². The van der Waals surface area contributed by atoms with Crippen LogP contribution in [0.4, 0.5) is 10.1 Å². The predicted molar refractivity (Wildman–Crippen MR) is 76.2 cm³/mol. The van der Waals surface area contributed by atoms with Gasteiger partial charge in [-0.05, 0) is 12.1 Å². The molecule has 0 spiro atoms. The minimum absolute atomic E-state index is 0.182. The number of hydrazone groups is 1. The molecule has 5 nitrogen and oxygen atoms in total. The third-order valence-electron chi connectivity index (χ3n) is 2.33. The minimum Gasteiger partial charge on any atom is -0.494 e. The van der Waals surface area contributed by atoms with E-state index in [9.17, 15) is 4.39 Å². The van der Waals surface area contributed by atoms with Crippen molar-refractivity contribution in [2.75, 3.05) is 12.5 Å². The number of ether oxygens (including phenoxy) is 1. The highest BCUT2D eigenvalue weighted by Gasteiger charge is 2.06. The molecule has 104 valence electrons. The second-order valence-corrected chi connectivity index (χ2v) is 4.30. The molecule has 8 heteroatoms. The van der Waals surface area contributed by atoms with E-state index in [-0.39, 0.29) is 10.3 Å². The summed E-state index contributed by atoms with van der Waals surface area (Å²) in [6, 6.07) is 4.02. The van der Waals surface area contributed by atoms with Gasteiger partial charge in [0.2, 0.25) is 0 Å². The first kappa shape index (κ1) is 14.5. The topological polar surface area (TPSA) is 59.4 Å².